The van der Waals surface area contributed by atoms with Gasteiger partial charge in [-0.2, -0.15) is 0 Å². The first-order valence-corrected chi connectivity index (χ1v) is 16.5. The third-order valence-corrected chi connectivity index (χ3v) is 10.3. The van der Waals surface area contributed by atoms with Crippen LogP contribution in [0.2, 0.25) is 0 Å². The molecule has 7 aromatic carbocycles. The molecule has 0 saturated heterocycles. The Morgan fingerprint density at radius 1 is 0.458 bits per heavy atom. The van der Waals surface area contributed by atoms with Crippen molar-refractivity contribution >= 4 is 60.9 Å². The zero-order valence-electron chi connectivity index (χ0n) is 26.7. The van der Waals surface area contributed by atoms with Crippen molar-refractivity contribution in [2.24, 2.45) is 0 Å². The number of hydrogen-bond acceptors (Lipinski definition) is 3. The predicted molar refractivity (Wildman–Crippen MR) is 199 cm³/mol. The van der Waals surface area contributed by atoms with Gasteiger partial charge in [-0.3, -0.25) is 0 Å². The molecule has 1 aliphatic rings. The largest absolute Gasteiger partial charge is 0.455 e. The molecule has 0 saturated carbocycles. The maximum Gasteiger partial charge on any atom is 0.159 e. The van der Waals surface area contributed by atoms with Crippen molar-refractivity contribution in [3.05, 3.63) is 163 Å². The van der Waals surface area contributed by atoms with Crippen molar-refractivity contribution in [1.82, 2.24) is 0 Å². The quantitative estimate of drug-likeness (QED) is 0.197. The molecule has 0 aliphatic heterocycles. The third-order valence-electron chi connectivity index (χ3n) is 10.3. The molecule has 228 valence electrons. The average molecular weight is 618 g/mol. The van der Waals surface area contributed by atoms with E-state index in [0.29, 0.717) is 0 Å². The van der Waals surface area contributed by atoms with Gasteiger partial charge < -0.3 is 13.7 Å². The molecule has 3 heteroatoms. The van der Waals surface area contributed by atoms with Crippen molar-refractivity contribution < 1.29 is 8.83 Å². The first kappa shape index (κ1) is 27.1. The zero-order valence-corrected chi connectivity index (χ0v) is 26.7. The van der Waals surface area contributed by atoms with E-state index in [1.54, 1.807) is 0 Å². The molecule has 1 aliphatic carbocycles. The molecule has 0 radical (unpaired) electrons. The summed E-state index contributed by atoms with van der Waals surface area (Å²) in [6, 6.07) is 53.8. The minimum absolute atomic E-state index is 0.141. The van der Waals surface area contributed by atoms with E-state index in [0.717, 1.165) is 72.1 Å². The van der Waals surface area contributed by atoms with Crippen LogP contribution in [0.15, 0.2) is 160 Å². The maximum absolute atomic E-state index is 6.74. The van der Waals surface area contributed by atoms with Crippen LogP contribution in [0.3, 0.4) is 0 Å². The fourth-order valence-electron chi connectivity index (χ4n) is 8.01. The van der Waals surface area contributed by atoms with E-state index in [1.807, 2.05) is 18.2 Å². The van der Waals surface area contributed by atoms with Gasteiger partial charge in [-0.15, -0.1) is 0 Å². The number of rotatable bonds is 4. The lowest BCUT2D eigenvalue weighted by Crippen LogP contribution is -2.16. The minimum Gasteiger partial charge on any atom is -0.455 e. The summed E-state index contributed by atoms with van der Waals surface area (Å²) in [6.07, 6.45) is 0. The lowest BCUT2D eigenvalue weighted by Gasteiger charge is -2.28. The number of furan rings is 2. The summed E-state index contributed by atoms with van der Waals surface area (Å²) in [5, 5.41) is 4.36. The van der Waals surface area contributed by atoms with Crippen molar-refractivity contribution in [2.45, 2.75) is 19.3 Å². The fraction of sp³-hybridized carbons (Fsp3) is 0.0667. The zero-order chi connectivity index (χ0) is 32.0. The van der Waals surface area contributed by atoms with E-state index in [1.165, 1.54) is 22.3 Å². The monoisotopic (exact) mass is 617 g/mol. The van der Waals surface area contributed by atoms with E-state index >= 15 is 0 Å². The maximum atomic E-state index is 6.74. The molecule has 0 bridgehead atoms. The summed E-state index contributed by atoms with van der Waals surface area (Å²) in [4.78, 5) is 2.37. The van der Waals surface area contributed by atoms with Crippen LogP contribution in [0.25, 0.3) is 66.1 Å². The van der Waals surface area contributed by atoms with Gasteiger partial charge in [0.1, 0.15) is 16.7 Å². The van der Waals surface area contributed by atoms with Crippen LogP contribution in [0.5, 0.6) is 0 Å². The van der Waals surface area contributed by atoms with Crippen LogP contribution in [-0.2, 0) is 5.41 Å². The number of benzene rings is 7. The third kappa shape index (κ3) is 3.76. The average Bonchev–Trinajstić information content (AvgIpc) is 3.78. The smallest absolute Gasteiger partial charge is 0.159 e. The molecule has 2 aromatic heterocycles. The summed E-state index contributed by atoms with van der Waals surface area (Å²) in [7, 11) is 0. The molecule has 0 fully saturated rings. The van der Waals surface area contributed by atoms with E-state index in [2.05, 4.69) is 152 Å². The van der Waals surface area contributed by atoms with Crippen LogP contribution < -0.4 is 4.90 Å². The van der Waals surface area contributed by atoms with Gasteiger partial charge in [0, 0.05) is 32.8 Å². The lowest BCUT2D eigenvalue weighted by molar-refractivity contribution is 0.660. The number of hydrogen-bond donors (Lipinski definition) is 0. The van der Waals surface area contributed by atoms with E-state index in [9.17, 15) is 0 Å². The Bertz CT molecular complexity index is 2710. The van der Waals surface area contributed by atoms with Crippen molar-refractivity contribution in [3.63, 3.8) is 0 Å². The van der Waals surface area contributed by atoms with Gasteiger partial charge in [-0.05, 0) is 64.2 Å². The molecule has 10 rings (SSSR count). The number of para-hydroxylation sites is 3. The Kier molecular flexibility index (Phi) is 5.63. The lowest BCUT2D eigenvalue weighted by atomic mass is 9.82. The van der Waals surface area contributed by atoms with Crippen LogP contribution in [0, 0.1) is 0 Å². The number of fused-ring (bicyclic) bond motifs is 9. The van der Waals surface area contributed by atoms with E-state index < -0.39 is 0 Å². The summed E-state index contributed by atoms with van der Waals surface area (Å²) >= 11 is 0. The minimum atomic E-state index is -0.141. The molecule has 3 nitrogen and oxygen atoms in total. The first-order valence-electron chi connectivity index (χ1n) is 16.5. The Labute approximate surface area is 278 Å². The topological polar surface area (TPSA) is 29.5 Å². The summed E-state index contributed by atoms with van der Waals surface area (Å²) in [5.74, 6) is 0. The number of anilines is 3. The first-order chi connectivity index (χ1) is 23.6. The molecule has 0 N–H and O–H groups in total. The van der Waals surface area contributed by atoms with Crippen LogP contribution in [-0.4, -0.2) is 0 Å². The molecule has 0 spiro atoms. The normalized spacial score (nSPS) is 13.4. The van der Waals surface area contributed by atoms with Crippen molar-refractivity contribution in [1.29, 1.82) is 0 Å². The van der Waals surface area contributed by atoms with Crippen LogP contribution in [0.1, 0.15) is 25.0 Å². The Balaban J connectivity index is 1.28. The van der Waals surface area contributed by atoms with Gasteiger partial charge in [0.05, 0.1) is 16.8 Å². The highest BCUT2D eigenvalue weighted by Gasteiger charge is 2.36. The van der Waals surface area contributed by atoms with Crippen molar-refractivity contribution in [2.75, 3.05) is 4.90 Å². The summed E-state index contributed by atoms with van der Waals surface area (Å²) < 4.78 is 13.4. The van der Waals surface area contributed by atoms with Crippen LogP contribution >= 0.6 is 0 Å². The molecule has 0 amide bonds. The van der Waals surface area contributed by atoms with E-state index in [4.69, 9.17) is 8.83 Å². The number of nitrogens with zero attached hydrogens (tertiary/aromatic N) is 1. The molecule has 0 atom stereocenters. The van der Waals surface area contributed by atoms with Gasteiger partial charge in [-0.25, -0.2) is 0 Å². The predicted octanol–water partition coefficient (Wildman–Crippen LogP) is 12.9. The van der Waals surface area contributed by atoms with Gasteiger partial charge in [-0.1, -0.05) is 129 Å². The van der Waals surface area contributed by atoms with Crippen LogP contribution in [0.4, 0.5) is 17.1 Å². The molecule has 0 unspecified atom stereocenters. The molecule has 2 heterocycles. The molecular formula is C45H31NO2. The summed E-state index contributed by atoms with van der Waals surface area (Å²) in [5.41, 5.74) is 13.9. The van der Waals surface area contributed by atoms with E-state index in [-0.39, 0.29) is 5.41 Å². The van der Waals surface area contributed by atoms with Crippen molar-refractivity contribution in [3.8, 4) is 22.3 Å². The fourth-order valence-corrected chi connectivity index (χ4v) is 8.01. The summed E-state index contributed by atoms with van der Waals surface area (Å²) in [6.45, 7) is 4.67. The van der Waals surface area contributed by atoms with Gasteiger partial charge in [0.25, 0.3) is 0 Å². The second kappa shape index (κ2) is 9.97. The standard InChI is InChI=1S/C45H31NO2/c1-45(2)36-20-8-6-15-31(36)32-26-25-29(27-37(32)45)46(39-22-11-18-34-33-16-7-9-23-40(33)47-44(34)39)38-21-12-24-41-42(38)35-19-10-17-30(43(35)48-41)28-13-4-3-5-14-28/h3-27H,1-2H3. The molecule has 9 aromatic rings. The van der Waals surface area contributed by atoms with Gasteiger partial charge in [0.15, 0.2) is 5.58 Å². The highest BCUT2D eigenvalue weighted by atomic mass is 16.3. The van der Waals surface area contributed by atoms with Gasteiger partial charge >= 0.3 is 0 Å². The second-order valence-electron chi connectivity index (χ2n) is 13.3. The Hall–Kier alpha value is -6.06. The Morgan fingerprint density at radius 3 is 2.02 bits per heavy atom. The second-order valence-corrected chi connectivity index (χ2v) is 13.3. The highest BCUT2D eigenvalue weighted by molar-refractivity contribution is 6.18. The molecular weight excluding hydrogens is 587 g/mol. The molecule has 48 heavy (non-hydrogen) atoms. The Morgan fingerprint density at radius 2 is 1.10 bits per heavy atom. The van der Waals surface area contributed by atoms with Gasteiger partial charge in [0.2, 0.25) is 0 Å². The highest BCUT2D eigenvalue weighted by Crippen LogP contribution is 2.52. The SMILES string of the molecule is CC1(C)c2ccccc2-c2ccc(N(c3cccc4c3oc3ccccc34)c3cccc4oc5c(-c6ccccc6)cccc5c34)cc21.